The summed E-state index contributed by atoms with van der Waals surface area (Å²) in [4.78, 5) is 26.4. The molecule has 1 heterocycles. The molecule has 3 aromatic carbocycles. The minimum absolute atomic E-state index is 0.0787. The lowest BCUT2D eigenvalue weighted by Crippen LogP contribution is -2.31. The Hall–Kier alpha value is -3.99. The first kappa shape index (κ1) is 27.1. The molecule has 0 bridgehead atoms. The van der Waals surface area contributed by atoms with Crippen LogP contribution in [0.3, 0.4) is 0 Å². The van der Waals surface area contributed by atoms with E-state index >= 15 is 0 Å². The van der Waals surface area contributed by atoms with Gasteiger partial charge in [0.05, 0.1) is 28.3 Å². The van der Waals surface area contributed by atoms with Crippen molar-refractivity contribution in [1.29, 1.82) is 5.26 Å². The Bertz CT molecular complexity index is 1470. The Morgan fingerprint density at radius 1 is 0.947 bits per heavy atom. The first-order valence-electron chi connectivity index (χ1n) is 12.0. The number of benzene rings is 3. The minimum atomic E-state index is -0.706. The zero-order chi connectivity index (χ0) is 27.2. The molecule has 8 heteroatoms. The molecule has 1 aliphatic rings. The Morgan fingerprint density at radius 3 is 2.26 bits per heavy atom. The number of hydrogen-bond donors (Lipinski definition) is 3. The van der Waals surface area contributed by atoms with Crippen molar-refractivity contribution >= 4 is 46.6 Å². The highest BCUT2D eigenvalue weighted by atomic mass is 35.5. The number of hydrogen-bond acceptors (Lipinski definition) is 5. The lowest BCUT2D eigenvalue weighted by molar-refractivity contribution is -0.114. The molecule has 1 aliphatic heterocycles. The molecule has 4 rings (SSSR count). The number of amides is 2. The van der Waals surface area contributed by atoms with Crippen molar-refractivity contribution < 1.29 is 9.59 Å². The van der Waals surface area contributed by atoms with E-state index in [0.717, 1.165) is 16.8 Å². The maximum absolute atomic E-state index is 13.5. The fourth-order valence-corrected chi connectivity index (χ4v) is 5.53. The molecule has 1 atom stereocenters. The van der Waals surface area contributed by atoms with Gasteiger partial charge in [-0.1, -0.05) is 78.0 Å². The second-order valence-corrected chi connectivity index (χ2v) is 10.3. The van der Waals surface area contributed by atoms with Crippen LogP contribution in [-0.4, -0.2) is 17.6 Å². The fraction of sp³-hybridized carbons (Fsp3) is 0.167. The Morgan fingerprint density at radius 2 is 1.61 bits per heavy atom. The van der Waals surface area contributed by atoms with E-state index in [2.05, 4.69) is 22.0 Å². The summed E-state index contributed by atoms with van der Waals surface area (Å²) in [6, 6.07) is 24.4. The lowest BCUT2D eigenvalue weighted by Gasteiger charge is -2.30. The number of allylic oxidation sites excluding steroid dienone is 2. The van der Waals surface area contributed by atoms with Gasteiger partial charge in [0.15, 0.2) is 0 Å². The molecular weight excluding hydrogens is 516 g/mol. The summed E-state index contributed by atoms with van der Waals surface area (Å²) in [6.07, 6.45) is 0. The van der Waals surface area contributed by atoms with E-state index in [1.54, 1.807) is 31.2 Å². The smallest absolute Gasteiger partial charge is 0.254 e. The Balaban J connectivity index is 1.65. The van der Waals surface area contributed by atoms with Crippen LogP contribution in [0.4, 0.5) is 11.4 Å². The normalized spacial score (nSPS) is 15.0. The largest absolute Gasteiger partial charge is 0.353 e. The molecule has 0 aromatic heterocycles. The molecule has 3 N–H and O–H groups in total. The summed E-state index contributed by atoms with van der Waals surface area (Å²) in [5.74, 6) is -1.16. The highest BCUT2D eigenvalue weighted by Crippen LogP contribution is 2.43. The monoisotopic (exact) mass is 542 g/mol. The third-order valence-corrected chi connectivity index (χ3v) is 7.59. The van der Waals surface area contributed by atoms with Gasteiger partial charge in [-0.05, 0) is 55.7 Å². The van der Waals surface area contributed by atoms with Crippen molar-refractivity contribution in [1.82, 2.24) is 5.32 Å². The number of dihydropyridines is 1. The van der Waals surface area contributed by atoms with Crippen molar-refractivity contribution in [3.05, 3.63) is 116 Å². The average molecular weight is 543 g/mol. The van der Waals surface area contributed by atoms with Crippen molar-refractivity contribution in [3.63, 3.8) is 0 Å². The molecule has 0 saturated heterocycles. The molecule has 0 fully saturated rings. The quantitative estimate of drug-likeness (QED) is 0.310. The lowest BCUT2D eigenvalue weighted by atomic mass is 9.82. The highest BCUT2D eigenvalue weighted by Gasteiger charge is 2.36. The third kappa shape index (κ3) is 5.94. The predicted octanol–water partition coefficient (Wildman–Crippen LogP) is 6.66. The number of rotatable bonds is 7. The number of carbonyl (C=O) groups is 2. The number of nitriles is 1. The summed E-state index contributed by atoms with van der Waals surface area (Å²) >= 11 is 7.80. The van der Waals surface area contributed by atoms with Crippen molar-refractivity contribution in [3.8, 4) is 6.07 Å². The maximum atomic E-state index is 13.5. The number of thioether (sulfide) groups is 1. The third-order valence-electron chi connectivity index (χ3n) is 6.23. The van der Waals surface area contributed by atoms with E-state index in [4.69, 9.17) is 11.6 Å². The molecule has 0 saturated carbocycles. The topological polar surface area (TPSA) is 94.0 Å². The van der Waals surface area contributed by atoms with Gasteiger partial charge in [-0.25, -0.2) is 0 Å². The summed E-state index contributed by atoms with van der Waals surface area (Å²) in [7, 11) is 0. The molecule has 0 spiro atoms. The number of nitrogens with zero attached hydrogens (tertiary/aromatic N) is 1. The molecule has 0 unspecified atom stereocenters. The Kier molecular flexibility index (Phi) is 8.57. The molecule has 38 heavy (non-hydrogen) atoms. The summed E-state index contributed by atoms with van der Waals surface area (Å²) in [6.45, 7) is 5.67. The van der Waals surface area contributed by atoms with Crippen LogP contribution in [0.2, 0.25) is 5.02 Å². The van der Waals surface area contributed by atoms with Crippen molar-refractivity contribution in [2.75, 3.05) is 16.4 Å². The van der Waals surface area contributed by atoms with E-state index in [9.17, 15) is 14.9 Å². The van der Waals surface area contributed by atoms with Crippen molar-refractivity contribution in [2.45, 2.75) is 26.7 Å². The SMILES string of the molecule is CC1=C(C(=O)Nc2ccccc2)[C@H](c2ccccc2Cl)C(C#N)=C(SCC(=O)Nc2c(C)cccc2C)N1. The van der Waals surface area contributed by atoms with Gasteiger partial charge in [-0.15, -0.1) is 0 Å². The molecule has 2 amide bonds. The van der Waals surface area contributed by atoms with E-state index in [0.29, 0.717) is 38.1 Å². The van der Waals surface area contributed by atoms with Crippen LogP contribution in [0, 0.1) is 25.2 Å². The highest BCUT2D eigenvalue weighted by molar-refractivity contribution is 8.03. The molecule has 3 aromatic rings. The maximum Gasteiger partial charge on any atom is 0.254 e. The second kappa shape index (κ2) is 12.0. The van der Waals surface area contributed by atoms with E-state index in [-0.39, 0.29) is 17.6 Å². The van der Waals surface area contributed by atoms with Gasteiger partial charge in [0.2, 0.25) is 5.91 Å². The second-order valence-electron chi connectivity index (χ2n) is 8.90. The number of carbonyl (C=O) groups excluding carboxylic acids is 2. The van der Waals surface area contributed by atoms with Crippen LogP contribution in [-0.2, 0) is 9.59 Å². The van der Waals surface area contributed by atoms with Crippen molar-refractivity contribution in [2.24, 2.45) is 0 Å². The predicted molar refractivity (Wildman–Crippen MR) is 155 cm³/mol. The van der Waals surface area contributed by atoms with Gasteiger partial charge >= 0.3 is 0 Å². The zero-order valence-electron chi connectivity index (χ0n) is 21.3. The van der Waals surface area contributed by atoms with Crippen LogP contribution in [0.25, 0.3) is 0 Å². The molecule has 6 nitrogen and oxygen atoms in total. The Labute approximate surface area is 231 Å². The average Bonchev–Trinajstić information content (AvgIpc) is 2.90. The molecule has 0 radical (unpaired) electrons. The fourth-order valence-electron chi connectivity index (χ4n) is 4.39. The number of aryl methyl sites for hydroxylation is 2. The van der Waals surface area contributed by atoms with E-state index in [1.165, 1.54) is 11.8 Å². The molecule has 0 aliphatic carbocycles. The van der Waals surface area contributed by atoms with Gasteiger partial charge < -0.3 is 16.0 Å². The number of para-hydroxylation sites is 2. The minimum Gasteiger partial charge on any atom is -0.353 e. The standard InChI is InChI=1S/C30H27ClN4O2S/c1-18-10-9-11-19(2)28(18)35-25(36)17-38-30-23(16-32)27(22-14-7-8-15-24(22)31)26(20(3)33-30)29(37)34-21-12-5-4-6-13-21/h4-15,27,33H,17H2,1-3H3,(H,34,37)(H,35,36)/t27-/m1/s1. The molecular formula is C30H27ClN4O2S. The van der Waals surface area contributed by atoms with Crippen LogP contribution in [0.1, 0.15) is 29.5 Å². The van der Waals surface area contributed by atoms with Gasteiger partial charge in [0.25, 0.3) is 5.91 Å². The van der Waals surface area contributed by atoms with Gasteiger partial charge in [0.1, 0.15) is 0 Å². The number of anilines is 2. The summed E-state index contributed by atoms with van der Waals surface area (Å²) < 4.78 is 0. The van der Waals surface area contributed by atoms with Gasteiger partial charge in [-0.3, -0.25) is 9.59 Å². The van der Waals surface area contributed by atoms with Gasteiger partial charge in [0, 0.05) is 27.7 Å². The summed E-state index contributed by atoms with van der Waals surface area (Å²) in [5.41, 5.74) is 5.32. The van der Waals surface area contributed by atoms with Gasteiger partial charge in [-0.2, -0.15) is 5.26 Å². The van der Waals surface area contributed by atoms with Crippen LogP contribution >= 0.6 is 23.4 Å². The number of halogens is 1. The van der Waals surface area contributed by atoms with Crippen LogP contribution in [0.5, 0.6) is 0 Å². The van der Waals surface area contributed by atoms with E-state index in [1.807, 2.05) is 62.4 Å². The number of nitrogens with one attached hydrogen (secondary N) is 3. The summed E-state index contributed by atoms with van der Waals surface area (Å²) in [5, 5.41) is 20.4. The molecule has 192 valence electrons. The van der Waals surface area contributed by atoms with E-state index < -0.39 is 5.92 Å². The van der Waals surface area contributed by atoms with Crippen LogP contribution < -0.4 is 16.0 Å². The first-order valence-corrected chi connectivity index (χ1v) is 13.4. The first-order chi connectivity index (χ1) is 18.3. The van der Waals surface area contributed by atoms with Crippen LogP contribution in [0.15, 0.2) is 94.7 Å². The zero-order valence-corrected chi connectivity index (χ0v) is 22.8.